The van der Waals surface area contributed by atoms with Crippen LogP contribution in [0.25, 0.3) is 0 Å². The number of carboxylic acids is 1. The molecule has 0 saturated carbocycles. The number of thiazole rings is 1. The Labute approximate surface area is 121 Å². The molecule has 20 heavy (non-hydrogen) atoms. The largest absolute Gasteiger partial charge is 0.476 e. The van der Waals surface area contributed by atoms with Crippen LogP contribution in [-0.2, 0) is 16.0 Å². The van der Waals surface area contributed by atoms with Gasteiger partial charge >= 0.3 is 5.97 Å². The van der Waals surface area contributed by atoms with Gasteiger partial charge in [0, 0.05) is 38.0 Å². The van der Waals surface area contributed by atoms with Crippen LogP contribution < -0.4 is 5.32 Å². The number of carboxylic acid groups (broad SMARTS) is 1. The van der Waals surface area contributed by atoms with Gasteiger partial charge in [-0.2, -0.15) is 0 Å². The Morgan fingerprint density at radius 2 is 2.40 bits per heavy atom. The summed E-state index contributed by atoms with van der Waals surface area (Å²) < 4.78 is 5.34. The Kier molecular flexibility index (Phi) is 5.49. The van der Waals surface area contributed by atoms with Crippen molar-refractivity contribution in [2.75, 3.05) is 19.8 Å². The number of hydrogen-bond acceptors (Lipinski definition) is 5. The minimum absolute atomic E-state index is 0.0236. The smallest absolute Gasteiger partial charge is 0.355 e. The summed E-state index contributed by atoms with van der Waals surface area (Å²) in [5, 5.41) is 13.8. The maximum Gasteiger partial charge on any atom is 0.355 e. The number of nitrogens with zero attached hydrogens (tertiary/aromatic N) is 1. The van der Waals surface area contributed by atoms with Crippen LogP contribution in [0.15, 0.2) is 5.38 Å². The minimum atomic E-state index is -1.02. The molecule has 1 amide bonds. The number of amides is 1. The molecule has 110 valence electrons. The monoisotopic (exact) mass is 298 g/mol. The van der Waals surface area contributed by atoms with Gasteiger partial charge in [0.25, 0.3) is 0 Å². The summed E-state index contributed by atoms with van der Waals surface area (Å²) in [6, 6.07) is 0. The van der Waals surface area contributed by atoms with Crippen LogP contribution in [0.2, 0.25) is 0 Å². The highest BCUT2D eigenvalue weighted by Gasteiger charge is 2.17. The number of aromatic nitrogens is 1. The lowest BCUT2D eigenvalue weighted by Gasteiger charge is -2.21. The summed E-state index contributed by atoms with van der Waals surface area (Å²) in [6.07, 6.45) is 3.12. The van der Waals surface area contributed by atoms with Crippen molar-refractivity contribution < 1.29 is 19.4 Å². The van der Waals surface area contributed by atoms with Crippen LogP contribution in [-0.4, -0.2) is 41.7 Å². The molecule has 1 atom stereocenters. The fraction of sp³-hybridized carbons (Fsp3) is 0.615. The first-order valence-electron chi connectivity index (χ1n) is 6.67. The van der Waals surface area contributed by atoms with Gasteiger partial charge in [-0.25, -0.2) is 9.78 Å². The van der Waals surface area contributed by atoms with Crippen molar-refractivity contribution in [3.8, 4) is 0 Å². The normalized spacial score (nSPS) is 18.7. The topological polar surface area (TPSA) is 88.5 Å². The molecule has 7 heteroatoms. The summed E-state index contributed by atoms with van der Waals surface area (Å²) in [4.78, 5) is 26.4. The lowest BCUT2D eigenvalue weighted by Crippen LogP contribution is -2.30. The number of nitrogens with one attached hydrogen (secondary N) is 1. The highest BCUT2D eigenvalue weighted by atomic mass is 32.1. The third-order valence-corrected chi connectivity index (χ3v) is 4.07. The van der Waals surface area contributed by atoms with Crippen LogP contribution in [0.4, 0.5) is 0 Å². The number of aromatic carboxylic acids is 1. The van der Waals surface area contributed by atoms with E-state index < -0.39 is 5.97 Å². The van der Waals surface area contributed by atoms with Gasteiger partial charge in [-0.05, 0) is 18.8 Å². The maximum absolute atomic E-state index is 11.7. The van der Waals surface area contributed by atoms with Crippen LogP contribution in [0, 0.1) is 5.92 Å². The molecule has 2 N–H and O–H groups in total. The van der Waals surface area contributed by atoms with Crippen molar-refractivity contribution >= 4 is 23.2 Å². The molecule has 1 aliphatic heterocycles. The van der Waals surface area contributed by atoms with E-state index in [1.165, 1.54) is 16.7 Å². The number of hydrogen-bond donors (Lipinski definition) is 2. The predicted octanol–water partition coefficient (Wildman–Crippen LogP) is 1.32. The Bertz CT molecular complexity index is 469. The van der Waals surface area contributed by atoms with E-state index in [0.29, 0.717) is 31.9 Å². The van der Waals surface area contributed by atoms with E-state index in [0.717, 1.165) is 24.5 Å². The third-order valence-electron chi connectivity index (χ3n) is 3.16. The Morgan fingerprint density at radius 1 is 1.55 bits per heavy atom. The summed E-state index contributed by atoms with van der Waals surface area (Å²) >= 11 is 1.30. The first kappa shape index (κ1) is 14.9. The summed E-state index contributed by atoms with van der Waals surface area (Å²) in [6.45, 7) is 1.95. The van der Waals surface area contributed by atoms with Crippen LogP contribution >= 0.6 is 11.3 Å². The summed E-state index contributed by atoms with van der Waals surface area (Å²) in [5.74, 6) is -0.674. The fourth-order valence-electron chi connectivity index (χ4n) is 2.14. The van der Waals surface area contributed by atoms with Gasteiger partial charge in [-0.1, -0.05) is 0 Å². The second-order valence-electron chi connectivity index (χ2n) is 4.82. The molecule has 0 bridgehead atoms. The Morgan fingerprint density at radius 3 is 3.05 bits per heavy atom. The summed E-state index contributed by atoms with van der Waals surface area (Å²) in [7, 11) is 0. The maximum atomic E-state index is 11.7. The molecule has 0 spiro atoms. The van der Waals surface area contributed by atoms with Crippen molar-refractivity contribution in [2.24, 2.45) is 5.92 Å². The molecule has 0 radical (unpaired) electrons. The van der Waals surface area contributed by atoms with Gasteiger partial charge in [0.15, 0.2) is 5.69 Å². The molecular weight excluding hydrogens is 280 g/mol. The van der Waals surface area contributed by atoms with E-state index in [4.69, 9.17) is 9.84 Å². The number of carbonyl (C=O) groups is 2. The molecule has 1 aromatic rings. The lowest BCUT2D eigenvalue weighted by molar-refractivity contribution is -0.123. The van der Waals surface area contributed by atoms with E-state index in [1.54, 1.807) is 0 Å². The SMILES string of the molecule is O=C(CC1CCCOC1)NCCc1nc(C(=O)O)cs1. The van der Waals surface area contributed by atoms with Gasteiger partial charge in [0.1, 0.15) is 0 Å². The number of rotatable bonds is 6. The van der Waals surface area contributed by atoms with Crippen molar-refractivity contribution in [3.05, 3.63) is 16.1 Å². The minimum Gasteiger partial charge on any atom is -0.476 e. The average Bonchev–Trinajstić information content (AvgIpc) is 2.89. The molecule has 0 aliphatic carbocycles. The van der Waals surface area contributed by atoms with E-state index in [9.17, 15) is 9.59 Å². The first-order valence-corrected chi connectivity index (χ1v) is 7.55. The van der Waals surface area contributed by atoms with Crippen molar-refractivity contribution in [3.63, 3.8) is 0 Å². The number of carbonyl (C=O) groups excluding carboxylic acids is 1. The zero-order chi connectivity index (χ0) is 14.4. The third kappa shape index (κ3) is 4.57. The van der Waals surface area contributed by atoms with Gasteiger partial charge < -0.3 is 15.2 Å². The zero-order valence-corrected chi connectivity index (χ0v) is 11.9. The fourth-order valence-corrected chi connectivity index (χ4v) is 2.91. The molecule has 1 saturated heterocycles. The standard InChI is InChI=1S/C13H18N2O4S/c16-11(6-9-2-1-5-19-7-9)14-4-3-12-15-10(8-20-12)13(17)18/h8-9H,1-7H2,(H,14,16)(H,17,18). The van der Waals surface area contributed by atoms with Crippen LogP contribution in [0.1, 0.15) is 34.8 Å². The van der Waals surface area contributed by atoms with E-state index in [2.05, 4.69) is 10.3 Å². The van der Waals surface area contributed by atoms with Gasteiger partial charge in [0.2, 0.25) is 5.91 Å². The molecular formula is C13H18N2O4S. The van der Waals surface area contributed by atoms with Crippen LogP contribution in [0.3, 0.4) is 0 Å². The highest BCUT2D eigenvalue weighted by Crippen LogP contribution is 2.16. The quantitative estimate of drug-likeness (QED) is 0.827. The van der Waals surface area contributed by atoms with Crippen LogP contribution in [0.5, 0.6) is 0 Å². The van der Waals surface area contributed by atoms with Crippen molar-refractivity contribution in [1.82, 2.24) is 10.3 Å². The molecule has 2 rings (SSSR count). The van der Waals surface area contributed by atoms with E-state index in [1.807, 2.05) is 0 Å². The Hall–Kier alpha value is -1.47. The zero-order valence-electron chi connectivity index (χ0n) is 11.1. The average molecular weight is 298 g/mol. The molecule has 1 aliphatic rings. The first-order chi connectivity index (χ1) is 9.65. The molecule has 2 heterocycles. The second-order valence-corrected chi connectivity index (χ2v) is 5.76. The second kappa shape index (κ2) is 7.35. The van der Waals surface area contributed by atoms with Crippen molar-refractivity contribution in [2.45, 2.75) is 25.7 Å². The lowest BCUT2D eigenvalue weighted by atomic mass is 9.98. The van der Waals surface area contributed by atoms with Gasteiger partial charge in [0.05, 0.1) is 5.01 Å². The summed E-state index contributed by atoms with van der Waals surface area (Å²) in [5.41, 5.74) is 0.0654. The molecule has 6 nitrogen and oxygen atoms in total. The Balaban J connectivity index is 1.66. The van der Waals surface area contributed by atoms with Gasteiger partial charge in [-0.15, -0.1) is 11.3 Å². The predicted molar refractivity (Wildman–Crippen MR) is 73.9 cm³/mol. The number of ether oxygens (including phenoxy) is 1. The molecule has 1 fully saturated rings. The van der Waals surface area contributed by atoms with Gasteiger partial charge in [-0.3, -0.25) is 4.79 Å². The molecule has 1 aromatic heterocycles. The van der Waals surface area contributed by atoms with Crippen molar-refractivity contribution in [1.29, 1.82) is 0 Å². The van der Waals surface area contributed by atoms with E-state index >= 15 is 0 Å². The molecule has 1 unspecified atom stereocenters. The van der Waals surface area contributed by atoms with E-state index in [-0.39, 0.29) is 11.6 Å². The molecule has 0 aromatic carbocycles. The highest BCUT2D eigenvalue weighted by molar-refractivity contribution is 7.09.